The van der Waals surface area contributed by atoms with Crippen LogP contribution in [0.5, 0.6) is 5.88 Å². The van der Waals surface area contributed by atoms with Crippen molar-refractivity contribution < 1.29 is 24.2 Å². The van der Waals surface area contributed by atoms with Gasteiger partial charge in [0.25, 0.3) is 5.88 Å². The average molecular weight is 440 g/mol. The molecular weight excluding hydrogens is 420 g/mol. The Morgan fingerprint density at radius 2 is 2.00 bits per heavy atom. The number of para-hydroxylation sites is 1. The fourth-order valence-electron chi connectivity index (χ4n) is 4.18. The van der Waals surface area contributed by atoms with Crippen LogP contribution in [0.25, 0.3) is 22.2 Å². The fourth-order valence-corrected chi connectivity index (χ4v) is 4.18. The van der Waals surface area contributed by atoms with Gasteiger partial charge in [0.1, 0.15) is 29.3 Å². The lowest BCUT2D eigenvalue weighted by Gasteiger charge is -2.24. The van der Waals surface area contributed by atoms with Crippen LogP contribution < -0.4 is 10.6 Å². The number of hydrogen-bond donors (Lipinski definition) is 2. The van der Waals surface area contributed by atoms with Gasteiger partial charge in [0.05, 0.1) is 12.9 Å². The first-order valence-corrected chi connectivity index (χ1v) is 10.0. The third-order valence-electron chi connectivity index (χ3n) is 5.48. The molecule has 166 valence electrons. The van der Waals surface area contributed by atoms with Crippen molar-refractivity contribution >= 4 is 28.1 Å². The monoisotopic (exact) mass is 440 g/mol. The fraction of sp³-hybridized carbons (Fsp3) is 0.421. The van der Waals surface area contributed by atoms with Crippen LogP contribution >= 0.6 is 0 Å². The topological polar surface area (TPSA) is 157 Å². The van der Waals surface area contributed by atoms with Gasteiger partial charge in [-0.1, -0.05) is 17.0 Å². The molecule has 2 saturated heterocycles. The third-order valence-corrected chi connectivity index (χ3v) is 5.48. The van der Waals surface area contributed by atoms with Crippen molar-refractivity contribution in [3.05, 3.63) is 30.6 Å². The van der Waals surface area contributed by atoms with Crippen LogP contribution in [0.3, 0.4) is 0 Å². The molecule has 0 bridgehead atoms. The van der Waals surface area contributed by atoms with Gasteiger partial charge in [0.2, 0.25) is 5.95 Å². The molecule has 13 nitrogen and oxygen atoms in total. The first-order chi connectivity index (χ1) is 15.4. The Kier molecular flexibility index (Phi) is 4.10. The molecule has 0 radical (unpaired) electrons. The smallest absolute Gasteiger partial charge is 0.281 e. The van der Waals surface area contributed by atoms with E-state index in [1.807, 2.05) is 38.1 Å². The SMILES string of the molecule is CC1(C)O[C@@H]2[C@H](O1)[C@@H](CO)O[C@H]2n1cnc2c(On3nnc4ccccc43)nc(N)nc21. The number of imidazole rings is 1. The van der Waals surface area contributed by atoms with E-state index in [4.69, 9.17) is 24.8 Å². The maximum absolute atomic E-state index is 9.76. The van der Waals surface area contributed by atoms with Crippen LogP contribution in [0, 0.1) is 0 Å². The molecule has 4 aromatic rings. The van der Waals surface area contributed by atoms with E-state index in [2.05, 4.69) is 25.3 Å². The van der Waals surface area contributed by atoms with E-state index in [1.165, 1.54) is 4.85 Å². The lowest BCUT2D eigenvalue weighted by atomic mass is 10.1. The summed E-state index contributed by atoms with van der Waals surface area (Å²) in [6.45, 7) is 3.42. The Labute approximate surface area is 180 Å². The molecular formula is C19H20N8O5. The van der Waals surface area contributed by atoms with Crippen molar-refractivity contribution in [1.82, 2.24) is 34.7 Å². The average Bonchev–Trinajstić information content (AvgIpc) is 3.50. The van der Waals surface area contributed by atoms with Crippen LogP contribution in [0.4, 0.5) is 5.95 Å². The summed E-state index contributed by atoms with van der Waals surface area (Å²) in [5.41, 5.74) is 8.03. The van der Waals surface area contributed by atoms with Crippen molar-refractivity contribution in [2.75, 3.05) is 12.3 Å². The molecule has 0 saturated carbocycles. The van der Waals surface area contributed by atoms with Gasteiger partial charge in [-0.15, -0.1) is 5.10 Å². The quantitative estimate of drug-likeness (QED) is 0.453. The number of nitrogens with zero attached hydrogens (tertiary/aromatic N) is 7. The summed E-state index contributed by atoms with van der Waals surface area (Å²) < 4.78 is 19.7. The van der Waals surface area contributed by atoms with Crippen molar-refractivity contribution in [2.24, 2.45) is 0 Å². The number of aliphatic hydroxyl groups excluding tert-OH is 1. The maximum atomic E-state index is 9.76. The molecule has 3 aromatic heterocycles. The molecule has 3 N–H and O–H groups in total. The van der Waals surface area contributed by atoms with E-state index in [1.54, 1.807) is 10.9 Å². The first-order valence-electron chi connectivity index (χ1n) is 10.0. The van der Waals surface area contributed by atoms with Gasteiger partial charge >= 0.3 is 0 Å². The molecule has 32 heavy (non-hydrogen) atoms. The molecule has 2 aliphatic heterocycles. The van der Waals surface area contributed by atoms with Gasteiger partial charge in [-0.3, -0.25) is 4.57 Å². The minimum absolute atomic E-state index is 0.0177. The van der Waals surface area contributed by atoms with E-state index < -0.39 is 30.3 Å². The molecule has 0 unspecified atom stereocenters. The van der Waals surface area contributed by atoms with E-state index in [-0.39, 0.29) is 18.4 Å². The second kappa shape index (κ2) is 6.80. The van der Waals surface area contributed by atoms with Gasteiger partial charge in [-0.2, -0.15) is 9.97 Å². The number of nitrogen functional groups attached to an aromatic ring is 1. The van der Waals surface area contributed by atoms with Gasteiger partial charge in [-0.25, -0.2) is 4.98 Å². The number of nitrogens with two attached hydrogens (primary N) is 1. The van der Waals surface area contributed by atoms with Gasteiger partial charge in [0.15, 0.2) is 23.2 Å². The summed E-state index contributed by atoms with van der Waals surface area (Å²) in [5, 5.41) is 17.8. The third kappa shape index (κ3) is 2.90. The predicted octanol–water partition coefficient (Wildman–Crippen LogP) is 0.405. The molecule has 0 amide bonds. The lowest BCUT2D eigenvalue weighted by Crippen LogP contribution is -2.31. The number of aromatic nitrogens is 7. The van der Waals surface area contributed by atoms with Crippen molar-refractivity contribution in [3.8, 4) is 5.88 Å². The Hall–Kier alpha value is -3.39. The first kappa shape index (κ1) is 19.3. The molecule has 4 atom stereocenters. The summed E-state index contributed by atoms with van der Waals surface area (Å²) in [4.78, 5) is 20.1. The highest BCUT2D eigenvalue weighted by Gasteiger charge is 2.56. The van der Waals surface area contributed by atoms with Crippen LogP contribution in [0.1, 0.15) is 20.1 Å². The maximum Gasteiger partial charge on any atom is 0.281 e. The molecule has 2 aliphatic rings. The van der Waals surface area contributed by atoms with Crippen LogP contribution in [0.2, 0.25) is 0 Å². The highest BCUT2D eigenvalue weighted by atomic mass is 16.8. The standard InChI is InChI=1S/C19H20N8O5/c1-19(2)30-13-11(7-28)29-17(14(13)31-19)26-8-21-12-15(26)22-18(20)23-16(12)32-27-10-6-4-3-5-9(10)24-25-27/h3-6,8,11,13-14,17,28H,7H2,1-2H3,(H2,20,22,23)/t11-,13-,14-,17-/m1/s1. The molecule has 1 aromatic carbocycles. The zero-order valence-corrected chi connectivity index (χ0v) is 17.2. The highest BCUT2D eigenvalue weighted by Crippen LogP contribution is 2.43. The van der Waals surface area contributed by atoms with Crippen LogP contribution in [0.15, 0.2) is 30.6 Å². The number of rotatable bonds is 4. The summed E-state index contributed by atoms with van der Waals surface area (Å²) in [7, 11) is 0. The largest absolute Gasteiger partial charge is 0.394 e. The summed E-state index contributed by atoms with van der Waals surface area (Å²) in [6, 6.07) is 7.34. The number of hydrogen-bond acceptors (Lipinski definition) is 11. The number of ether oxygens (including phenoxy) is 3. The minimum atomic E-state index is -0.808. The van der Waals surface area contributed by atoms with E-state index in [0.717, 1.165) is 0 Å². The second-order valence-electron chi connectivity index (χ2n) is 8.07. The second-order valence-corrected chi connectivity index (χ2v) is 8.07. The zero-order chi connectivity index (χ0) is 22.0. The Morgan fingerprint density at radius 3 is 2.84 bits per heavy atom. The predicted molar refractivity (Wildman–Crippen MR) is 108 cm³/mol. The van der Waals surface area contributed by atoms with Gasteiger partial charge in [0, 0.05) is 0 Å². The van der Waals surface area contributed by atoms with Gasteiger partial charge < -0.3 is 29.9 Å². The van der Waals surface area contributed by atoms with Crippen molar-refractivity contribution in [1.29, 1.82) is 0 Å². The summed E-state index contributed by atoms with van der Waals surface area (Å²) >= 11 is 0. The number of fused-ring (bicyclic) bond motifs is 3. The Bertz CT molecular complexity index is 1320. The zero-order valence-electron chi connectivity index (χ0n) is 17.2. The number of aliphatic hydroxyl groups is 1. The summed E-state index contributed by atoms with van der Waals surface area (Å²) in [6.07, 6.45) is -0.562. The van der Waals surface area contributed by atoms with Crippen molar-refractivity contribution in [3.63, 3.8) is 0 Å². The normalized spacial score (nSPS) is 26.7. The van der Waals surface area contributed by atoms with Crippen LogP contribution in [-0.2, 0) is 14.2 Å². The van der Waals surface area contributed by atoms with Gasteiger partial charge in [-0.05, 0) is 31.2 Å². The molecule has 6 rings (SSSR count). The highest BCUT2D eigenvalue weighted by molar-refractivity contribution is 5.78. The molecule has 2 fully saturated rings. The molecule has 0 spiro atoms. The number of anilines is 1. The van der Waals surface area contributed by atoms with Crippen molar-refractivity contribution in [2.45, 2.75) is 44.2 Å². The molecule has 5 heterocycles. The van der Waals surface area contributed by atoms with Crippen LogP contribution in [-0.4, -0.2) is 70.5 Å². The van der Waals surface area contributed by atoms with E-state index in [0.29, 0.717) is 22.2 Å². The van der Waals surface area contributed by atoms with E-state index >= 15 is 0 Å². The molecule has 0 aliphatic carbocycles. The molecule has 13 heteroatoms. The minimum Gasteiger partial charge on any atom is -0.394 e. The Morgan fingerprint density at radius 1 is 1.19 bits per heavy atom. The van der Waals surface area contributed by atoms with E-state index in [9.17, 15) is 5.11 Å². The lowest BCUT2D eigenvalue weighted by molar-refractivity contribution is -0.199. The number of benzene rings is 1. The summed E-state index contributed by atoms with van der Waals surface area (Å²) in [5.74, 6) is -0.715. The Balaban J connectivity index is 1.41.